The quantitative estimate of drug-likeness (QED) is 0.694. The third-order valence-corrected chi connectivity index (χ3v) is 3.11. The minimum Gasteiger partial charge on any atom is -0.495 e. The lowest BCUT2D eigenvalue weighted by molar-refractivity contribution is -0.163. The highest BCUT2D eigenvalue weighted by Gasteiger charge is 2.45. The average molecular weight is 207 g/mol. The SMILES string of the molecule is COc1cncc2c1CCC21OCCO1. The molecule has 1 saturated heterocycles. The van der Waals surface area contributed by atoms with Crippen molar-refractivity contribution < 1.29 is 14.2 Å². The van der Waals surface area contributed by atoms with Gasteiger partial charge in [0.1, 0.15) is 5.75 Å². The van der Waals surface area contributed by atoms with E-state index in [2.05, 4.69) is 4.98 Å². The van der Waals surface area contributed by atoms with Gasteiger partial charge in [0.25, 0.3) is 0 Å². The maximum absolute atomic E-state index is 5.71. The second-order valence-corrected chi connectivity index (χ2v) is 3.82. The first-order chi connectivity index (χ1) is 7.36. The van der Waals surface area contributed by atoms with Gasteiger partial charge < -0.3 is 14.2 Å². The summed E-state index contributed by atoms with van der Waals surface area (Å²) in [6.07, 6.45) is 5.37. The predicted octanol–water partition coefficient (Wildman–Crippen LogP) is 1.24. The molecule has 0 atom stereocenters. The van der Waals surface area contributed by atoms with Gasteiger partial charge in [-0.25, -0.2) is 0 Å². The van der Waals surface area contributed by atoms with Crippen LogP contribution in [-0.4, -0.2) is 25.3 Å². The zero-order chi connectivity index (χ0) is 10.3. The van der Waals surface area contributed by atoms with Crippen molar-refractivity contribution in [3.05, 3.63) is 23.5 Å². The number of ether oxygens (including phenoxy) is 3. The van der Waals surface area contributed by atoms with Crippen molar-refractivity contribution in [2.24, 2.45) is 0 Å². The molecule has 1 spiro atoms. The highest BCUT2D eigenvalue weighted by Crippen LogP contribution is 2.45. The van der Waals surface area contributed by atoms with Crippen LogP contribution in [0.15, 0.2) is 12.4 Å². The van der Waals surface area contributed by atoms with Crippen LogP contribution in [0, 0.1) is 0 Å². The molecule has 4 nitrogen and oxygen atoms in total. The lowest BCUT2D eigenvalue weighted by Gasteiger charge is -2.22. The van der Waals surface area contributed by atoms with Crippen LogP contribution in [0.5, 0.6) is 5.75 Å². The number of rotatable bonds is 1. The maximum Gasteiger partial charge on any atom is 0.197 e. The minimum absolute atomic E-state index is 0.531. The second kappa shape index (κ2) is 3.18. The fraction of sp³-hybridized carbons (Fsp3) is 0.545. The third kappa shape index (κ3) is 1.18. The summed E-state index contributed by atoms with van der Waals surface area (Å²) in [5.41, 5.74) is 2.22. The fourth-order valence-electron chi connectivity index (χ4n) is 2.41. The normalized spacial score (nSPS) is 21.9. The molecule has 0 radical (unpaired) electrons. The molecule has 0 amide bonds. The van der Waals surface area contributed by atoms with E-state index in [1.54, 1.807) is 13.3 Å². The summed E-state index contributed by atoms with van der Waals surface area (Å²) >= 11 is 0. The van der Waals surface area contributed by atoms with Gasteiger partial charge in [0.2, 0.25) is 0 Å². The molecule has 0 saturated carbocycles. The molecular weight excluding hydrogens is 194 g/mol. The first-order valence-corrected chi connectivity index (χ1v) is 5.15. The van der Waals surface area contributed by atoms with E-state index in [4.69, 9.17) is 14.2 Å². The number of hydrogen-bond acceptors (Lipinski definition) is 4. The predicted molar refractivity (Wildman–Crippen MR) is 52.7 cm³/mol. The molecule has 0 bridgehead atoms. The van der Waals surface area contributed by atoms with Crippen LogP contribution < -0.4 is 4.74 Å². The highest BCUT2D eigenvalue weighted by molar-refractivity contribution is 5.43. The van der Waals surface area contributed by atoms with Crippen LogP contribution in [0.4, 0.5) is 0 Å². The van der Waals surface area contributed by atoms with Crippen molar-refractivity contribution in [3.8, 4) is 5.75 Å². The summed E-state index contributed by atoms with van der Waals surface area (Å²) in [4.78, 5) is 4.16. The minimum atomic E-state index is -0.531. The van der Waals surface area contributed by atoms with Crippen molar-refractivity contribution in [1.82, 2.24) is 4.98 Å². The monoisotopic (exact) mass is 207 g/mol. The van der Waals surface area contributed by atoms with Crippen LogP contribution in [0.3, 0.4) is 0 Å². The van der Waals surface area contributed by atoms with Crippen LogP contribution in [0.1, 0.15) is 17.5 Å². The zero-order valence-corrected chi connectivity index (χ0v) is 8.66. The Hall–Kier alpha value is -1.13. The molecule has 0 N–H and O–H groups in total. The Morgan fingerprint density at radius 1 is 1.33 bits per heavy atom. The third-order valence-electron chi connectivity index (χ3n) is 3.11. The lowest BCUT2D eigenvalue weighted by Crippen LogP contribution is -2.23. The van der Waals surface area contributed by atoms with Gasteiger partial charge in [0, 0.05) is 23.7 Å². The zero-order valence-electron chi connectivity index (χ0n) is 8.66. The largest absolute Gasteiger partial charge is 0.495 e. The van der Waals surface area contributed by atoms with Crippen molar-refractivity contribution >= 4 is 0 Å². The summed E-state index contributed by atoms with van der Waals surface area (Å²) in [6, 6.07) is 0. The molecule has 15 heavy (non-hydrogen) atoms. The van der Waals surface area contributed by atoms with Gasteiger partial charge >= 0.3 is 0 Å². The van der Waals surface area contributed by atoms with Gasteiger partial charge in [-0.2, -0.15) is 0 Å². The molecule has 3 rings (SSSR count). The molecule has 80 valence electrons. The van der Waals surface area contributed by atoms with Gasteiger partial charge in [-0.15, -0.1) is 0 Å². The number of nitrogens with zero attached hydrogens (tertiary/aromatic N) is 1. The molecule has 1 aromatic heterocycles. The number of aromatic nitrogens is 1. The number of pyridine rings is 1. The molecule has 1 aliphatic carbocycles. The van der Waals surface area contributed by atoms with E-state index in [9.17, 15) is 0 Å². The van der Waals surface area contributed by atoms with Gasteiger partial charge in [-0.3, -0.25) is 4.98 Å². The van der Waals surface area contributed by atoms with Crippen molar-refractivity contribution in [1.29, 1.82) is 0 Å². The number of methoxy groups -OCH3 is 1. The van der Waals surface area contributed by atoms with Crippen molar-refractivity contribution in [3.63, 3.8) is 0 Å². The van der Waals surface area contributed by atoms with Crippen molar-refractivity contribution in [2.75, 3.05) is 20.3 Å². The Labute approximate surface area is 88.2 Å². The van der Waals surface area contributed by atoms with Crippen LogP contribution in [-0.2, 0) is 21.7 Å². The van der Waals surface area contributed by atoms with Gasteiger partial charge in [-0.1, -0.05) is 0 Å². The molecule has 1 aliphatic heterocycles. The Bertz CT molecular complexity index is 385. The van der Waals surface area contributed by atoms with E-state index in [-0.39, 0.29) is 0 Å². The van der Waals surface area contributed by atoms with Crippen molar-refractivity contribution in [2.45, 2.75) is 18.6 Å². The molecule has 0 unspecified atom stereocenters. The summed E-state index contributed by atoms with van der Waals surface area (Å²) in [5.74, 6) is 0.306. The summed E-state index contributed by atoms with van der Waals surface area (Å²) < 4.78 is 16.7. The highest BCUT2D eigenvalue weighted by atomic mass is 16.7. The lowest BCUT2D eigenvalue weighted by atomic mass is 10.1. The van der Waals surface area contributed by atoms with Crippen LogP contribution in [0.2, 0.25) is 0 Å². The van der Waals surface area contributed by atoms with Crippen LogP contribution in [0.25, 0.3) is 0 Å². The van der Waals surface area contributed by atoms with Gasteiger partial charge in [0.05, 0.1) is 26.5 Å². The molecule has 1 aromatic rings. The molecule has 4 heteroatoms. The van der Waals surface area contributed by atoms with E-state index in [0.717, 1.165) is 24.2 Å². The molecule has 1 fully saturated rings. The molecular formula is C11H13NO3. The maximum atomic E-state index is 5.71. The molecule has 2 heterocycles. The van der Waals surface area contributed by atoms with Gasteiger partial charge in [0.15, 0.2) is 5.79 Å². The average Bonchev–Trinajstić information content (AvgIpc) is 2.89. The number of fused-ring (bicyclic) bond motifs is 2. The van der Waals surface area contributed by atoms with E-state index in [1.165, 1.54) is 5.56 Å². The first-order valence-electron chi connectivity index (χ1n) is 5.15. The summed E-state index contributed by atoms with van der Waals surface area (Å²) in [6.45, 7) is 1.33. The van der Waals surface area contributed by atoms with E-state index in [1.807, 2.05) is 6.20 Å². The standard InChI is InChI=1S/C11H13NO3/c1-13-10-7-12-6-9-8(10)2-3-11(9)14-4-5-15-11/h6-7H,2-5H2,1H3. The first kappa shape index (κ1) is 9.12. The Morgan fingerprint density at radius 3 is 2.87 bits per heavy atom. The van der Waals surface area contributed by atoms with Crippen LogP contribution >= 0.6 is 0 Å². The number of hydrogen-bond donors (Lipinski definition) is 0. The fourth-order valence-corrected chi connectivity index (χ4v) is 2.41. The second-order valence-electron chi connectivity index (χ2n) is 3.82. The topological polar surface area (TPSA) is 40.6 Å². The van der Waals surface area contributed by atoms with E-state index < -0.39 is 5.79 Å². The van der Waals surface area contributed by atoms with E-state index >= 15 is 0 Å². The smallest absolute Gasteiger partial charge is 0.197 e. The van der Waals surface area contributed by atoms with Gasteiger partial charge in [-0.05, 0) is 6.42 Å². The summed E-state index contributed by atoms with van der Waals surface area (Å²) in [7, 11) is 1.67. The Morgan fingerprint density at radius 2 is 2.13 bits per heavy atom. The van der Waals surface area contributed by atoms with E-state index in [0.29, 0.717) is 13.2 Å². The molecule has 2 aliphatic rings. The summed E-state index contributed by atoms with van der Waals surface area (Å²) in [5, 5.41) is 0. The Kier molecular flexibility index (Phi) is 1.94. The molecule has 0 aromatic carbocycles. The Balaban J connectivity index is 2.10.